The van der Waals surface area contributed by atoms with Crippen molar-refractivity contribution in [2.75, 3.05) is 13.2 Å². The lowest BCUT2D eigenvalue weighted by Gasteiger charge is -2.25. The van der Waals surface area contributed by atoms with Crippen molar-refractivity contribution in [2.24, 2.45) is 0 Å². The molecule has 0 spiro atoms. The third-order valence-electron chi connectivity index (χ3n) is 2.59. The van der Waals surface area contributed by atoms with E-state index in [1.54, 1.807) is 37.3 Å². The first kappa shape index (κ1) is 14.9. The third kappa shape index (κ3) is 4.54. The lowest BCUT2D eigenvalue weighted by atomic mass is 10.1. The van der Waals surface area contributed by atoms with Crippen LogP contribution >= 0.6 is 0 Å². The van der Waals surface area contributed by atoms with E-state index in [2.05, 4.69) is 5.32 Å². The summed E-state index contributed by atoms with van der Waals surface area (Å²) in [4.78, 5) is 11.6. The Morgan fingerprint density at radius 2 is 1.95 bits per heavy atom. The van der Waals surface area contributed by atoms with Crippen LogP contribution in [-0.4, -0.2) is 34.9 Å². The molecular formula is C14H16N2O3. The van der Waals surface area contributed by atoms with Crippen molar-refractivity contribution in [3.05, 3.63) is 41.5 Å². The molecule has 100 valence electrons. The summed E-state index contributed by atoms with van der Waals surface area (Å²) in [5.74, 6) is -0.407. The molecule has 0 fully saturated rings. The maximum absolute atomic E-state index is 11.6. The third-order valence-corrected chi connectivity index (χ3v) is 2.59. The van der Waals surface area contributed by atoms with Crippen LogP contribution in [0.3, 0.4) is 0 Å². The Labute approximate surface area is 111 Å². The van der Waals surface area contributed by atoms with Gasteiger partial charge in [0.15, 0.2) is 0 Å². The Bertz CT molecular complexity index is 496. The predicted octanol–water partition coefficient (Wildman–Crippen LogP) is 0.431. The minimum absolute atomic E-state index is 0.347. The number of nitriles is 1. The first-order chi connectivity index (χ1) is 9.03. The summed E-state index contributed by atoms with van der Waals surface area (Å²) in [6.07, 6.45) is 2.90. The van der Waals surface area contributed by atoms with E-state index in [1.807, 2.05) is 6.07 Å². The van der Waals surface area contributed by atoms with Crippen molar-refractivity contribution in [3.63, 3.8) is 0 Å². The average Bonchev–Trinajstić information content (AvgIpc) is 2.45. The van der Waals surface area contributed by atoms with Gasteiger partial charge in [-0.25, -0.2) is 0 Å². The topological polar surface area (TPSA) is 93.3 Å². The quantitative estimate of drug-likeness (QED) is 0.669. The molecule has 1 aromatic carbocycles. The lowest BCUT2D eigenvalue weighted by Crippen LogP contribution is -2.51. The number of carbonyl (C=O) groups is 1. The molecule has 0 aliphatic rings. The van der Waals surface area contributed by atoms with Crippen LogP contribution in [0, 0.1) is 11.3 Å². The van der Waals surface area contributed by atoms with Crippen LogP contribution in [0.15, 0.2) is 30.3 Å². The molecule has 0 aliphatic carbocycles. The van der Waals surface area contributed by atoms with Gasteiger partial charge in [-0.15, -0.1) is 0 Å². The largest absolute Gasteiger partial charge is 0.394 e. The van der Waals surface area contributed by atoms with Crippen molar-refractivity contribution in [1.82, 2.24) is 5.32 Å². The molecule has 0 radical (unpaired) electrons. The average molecular weight is 260 g/mol. The van der Waals surface area contributed by atoms with Gasteiger partial charge in [0.05, 0.1) is 30.4 Å². The fraction of sp³-hybridized carbons (Fsp3) is 0.286. The fourth-order valence-corrected chi connectivity index (χ4v) is 1.31. The minimum Gasteiger partial charge on any atom is -0.394 e. The predicted molar refractivity (Wildman–Crippen MR) is 70.9 cm³/mol. The van der Waals surface area contributed by atoms with Crippen molar-refractivity contribution in [2.45, 2.75) is 12.5 Å². The van der Waals surface area contributed by atoms with Crippen LogP contribution in [0.25, 0.3) is 6.08 Å². The monoisotopic (exact) mass is 260 g/mol. The summed E-state index contributed by atoms with van der Waals surface area (Å²) < 4.78 is 0. The van der Waals surface area contributed by atoms with Crippen LogP contribution < -0.4 is 5.32 Å². The van der Waals surface area contributed by atoms with E-state index >= 15 is 0 Å². The standard InChI is InChI=1S/C14H16N2O3/c1-14(9-17,10-18)16-13(19)7-6-11-2-4-12(8-15)5-3-11/h2-7,17-18H,9-10H2,1H3,(H,16,19)/b7-6+. The number of hydrogen-bond donors (Lipinski definition) is 3. The fourth-order valence-electron chi connectivity index (χ4n) is 1.31. The molecule has 1 amide bonds. The second-order valence-electron chi connectivity index (χ2n) is 4.43. The summed E-state index contributed by atoms with van der Waals surface area (Å²) in [5, 5.41) is 29.3. The Kier molecular flexibility index (Phi) is 5.24. The van der Waals surface area contributed by atoms with E-state index in [-0.39, 0.29) is 13.2 Å². The molecule has 0 unspecified atom stereocenters. The van der Waals surface area contributed by atoms with E-state index in [0.29, 0.717) is 5.56 Å². The van der Waals surface area contributed by atoms with Gasteiger partial charge in [0.2, 0.25) is 5.91 Å². The van der Waals surface area contributed by atoms with Crippen molar-refractivity contribution >= 4 is 12.0 Å². The number of carbonyl (C=O) groups excluding carboxylic acids is 1. The van der Waals surface area contributed by atoms with Gasteiger partial charge in [0.25, 0.3) is 0 Å². The number of amides is 1. The smallest absolute Gasteiger partial charge is 0.244 e. The van der Waals surface area contributed by atoms with E-state index < -0.39 is 11.4 Å². The van der Waals surface area contributed by atoms with Crippen molar-refractivity contribution < 1.29 is 15.0 Å². The maximum Gasteiger partial charge on any atom is 0.244 e. The zero-order chi connectivity index (χ0) is 14.3. The number of nitrogens with one attached hydrogen (secondary N) is 1. The highest BCUT2D eigenvalue weighted by molar-refractivity contribution is 5.92. The summed E-state index contributed by atoms with van der Waals surface area (Å²) in [6.45, 7) is 0.848. The summed E-state index contributed by atoms with van der Waals surface area (Å²) in [5.41, 5.74) is 0.296. The van der Waals surface area contributed by atoms with Gasteiger partial charge in [0, 0.05) is 6.08 Å². The molecule has 5 nitrogen and oxygen atoms in total. The molecule has 0 aliphatic heterocycles. The summed E-state index contributed by atoms with van der Waals surface area (Å²) in [6, 6.07) is 8.76. The van der Waals surface area contributed by atoms with Gasteiger partial charge in [-0.05, 0) is 30.7 Å². The normalized spacial score (nSPS) is 11.3. The molecule has 0 atom stereocenters. The minimum atomic E-state index is -1.04. The number of benzene rings is 1. The zero-order valence-corrected chi connectivity index (χ0v) is 10.6. The molecule has 3 N–H and O–H groups in total. The molecule has 0 bridgehead atoms. The highest BCUT2D eigenvalue weighted by atomic mass is 16.3. The molecule has 0 heterocycles. The molecular weight excluding hydrogens is 244 g/mol. The molecule has 1 aromatic rings. The first-order valence-corrected chi connectivity index (χ1v) is 5.75. The lowest BCUT2D eigenvalue weighted by molar-refractivity contribution is -0.119. The Hall–Kier alpha value is -2.16. The summed E-state index contributed by atoms with van der Waals surface area (Å²) in [7, 11) is 0. The van der Waals surface area contributed by atoms with Gasteiger partial charge in [0.1, 0.15) is 0 Å². The number of aliphatic hydroxyl groups excluding tert-OH is 2. The molecule has 0 aromatic heterocycles. The van der Waals surface area contributed by atoms with Gasteiger partial charge in [-0.3, -0.25) is 4.79 Å². The SMILES string of the molecule is CC(CO)(CO)NC(=O)/C=C/c1ccc(C#N)cc1. The Balaban J connectivity index is 2.65. The van der Waals surface area contributed by atoms with Gasteiger partial charge in [-0.2, -0.15) is 5.26 Å². The van der Waals surface area contributed by atoms with E-state index in [4.69, 9.17) is 15.5 Å². The Morgan fingerprint density at radius 1 is 1.37 bits per heavy atom. The van der Waals surface area contributed by atoms with Crippen molar-refractivity contribution in [3.8, 4) is 6.07 Å². The second kappa shape index (κ2) is 6.69. The van der Waals surface area contributed by atoms with E-state index in [9.17, 15) is 4.79 Å². The highest BCUT2D eigenvalue weighted by Crippen LogP contribution is 2.06. The number of hydrogen-bond acceptors (Lipinski definition) is 4. The molecule has 0 saturated heterocycles. The molecule has 19 heavy (non-hydrogen) atoms. The molecule has 5 heteroatoms. The molecule has 0 saturated carbocycles. The first-order valence-electron chi connectivity index (χ1n) is 5.75. The number of nitrogens with zero attached hydrogens (tertiary/aromatic N) is 1. The van der Waals surface area contributed by atoms with Gasteiger partial charge >= 0.3 is 0 Å². The number of aliphatic hydroxyl groups is 2. The van der Waals surface area contributed by atoms with E-state index in [1.165, 1.54) is 6.08 Å². The van der Waals surface area contributed by atoms with Crippen LogP contribution in [0.2, 0.25) is 0 Å². The van der Waals surface area contributed by atoms with Crippen LogP contribution in [0.1, 0.15) is 18.1 Å². The summed E-state index contributed by atoms with van der Waals surface area (Å²) >= 11 is 0. The Morgan fingerprint density at radius 3 is 2.42 bits per heavy atom. The molecule has 1 rings (SSSR count). The van der Waals surface area contributed by atoms with Gasteiger partial charge in [-0.1, -0.05) is 12.1 Å². The van der Waals surface area contributed by atoms with Crippen LogP contribution in [0.4, 0.5) is 0 Å². The highest BCUT2D eigenvalue weighted by Gasteiger charge is 2.23. The van der Waals surface area contributed by atoms with Crippen LogP contribution in [0.5, 0.6) is 0 Å². The van der Waals surface area contributed by atoms with Crippen LogP contribution in [-0.2, 0) is 4.79 Å². The van der Waals surface area contributed by atoms with Crippen molar-refractivity contribution in [1.29, 1.82) is 5.26 Å². The number of rotatable bonds is 5. The maximum atomic E-state index is 11.6. The van der Waals surface area contributed by atoms with Gasteiger partial charge < -0.3 is 15.5 Å². The zero-order valence-electron chi connectivity index (χ0n) is 10.6. The second-order valence-corrected chi connectivity index (χ2v) is 4.43. The van der Waals surface area contributed by atoms with E-state index in [0.717, 1.165) is 5.56 Å².